The summed E-state index contributed by atoms with van der Waals surface area (Å²) in [4.78, 5) is 41.5. The Morgan fingerprint density at radius 1 is 1.29 bits per heavy atom. The van der Waals surface area contributed by atoms with Gasteiger partial charge in [-0.3, -0.25) is 19.7 Å². The molecule has 1 aromatic carbocycles. The van der Waals surface area contributed by atoms with Crippen LogP contribution in [0.3, 0.4) is 0 Å². The molecule has 1 unspecified atom stereocenters. The number of halogens is 1. The summed E-state index contributed by atoms with van der Waals surface area (Å²) in [6, 6.07) is 6.78. The third kappa shape index (κ3) is 2.75. The summed E-state index contributed by atoms with van der Waals surface area (Å²) in [6.07, 6.45) is 0.432. The van der Waals surface area contributed by atoms with Gasteiger partial charge in [0.1, 0.15) is 23.6 Å². The second-order valence-corrected chi connectivity index (χ2v) is 6.64. The summed E-state index contributed by atoms with van der Waals surface area (Å²) in [6.45, 7) is 0.168. The number of nitrogens with two attached hydrogens (primary N) is 1. The van der Waals surface area contributed by atoms with Crippen molar-refractivity contribution in [2.75, 3.05) is 5.73 Å². The van der Waals surface area contributed by atoms with Crippen molar-refractivity contribution in [1.29, 1.82) is 5.26 Å². The largest absolute Gasteiger partial charge is 0.383 e. The molecule has 0 saturated carbocycles. The van der Waals surface area contributed by atoms with E-state index in [1.807, 2.05) is 0 Å². The maximum absolute atomic E-state index is 14.4. The number of imide groups is 1. The summed E-state index contributed by atoms with van der Waals surface area (Å²) in [7, 11) is 0. The summed E-state index contributed by atoms with van der Waals surface area (Å²) >= 11 is 0. The fourth-order valence-corrected chi connectivity index (χ4v) is 3.52. The van der Waals surface area contributed by atoms with Crippen LogP contribution in [0.2, 0.25) is 0 Å². The van der Waals surface area contributed by atoms with Crippen molar-refractivity contribution < 1.29 is 18.8 Å². The molecule has 2 aliphatic heterocycles. The maximum atomic E-state index is 14.4. The number of hydrogen-bond acceptors (Lipinski definition) is 6. The van der Waals surface area contributed by atoms with E-state index in [0.717, 1.165) is 6.07 Å². The number of nitrogens with zero attached hydrogens (tertiary/aromatic N) is 3. The molecular weight excluding hydrogens is 365 g/mol. The van der Waals surface area contributed by atoms with Crippen molar-refractivity contribution in [2.45, 2.75) is 25.4 Å². The van der Waals surface area contributed by atoms with Gasteiger partial charge in [0.2, 0.25) is 11.8 Å². The summed E-state index contributed by atoms with van der Waals surface area (Å²) in [5.74, 6) is -1.95. The zero-order chi connectivity index (χ0) is 20.0. The Balaban J connectivity index is 1.67. The van der Waals surface area contributed by atoms with Gasteiger partial charge in [-0.15, -0.1) is 0 Å². The van der Waals surface area contributed by atoms with Crippen LogP contribution >= 0.6 is 0 Å². The van der Waals surface area contributed by atoms with Gasteiger partial charge in [0.15, 0.2) is 5.82 Å². The topological polar surface area (TPSA) is 129 Å². The Morgan fingerprint density at radius 3 is 2.79 bits per heavy atom. The SMILES string of the molecule is N#Cc1cc(F)c(-c2ccc3c(c2)CN(C2CCC(=O)NC2=O)C3=O)nc1N. The number of rotatable bonds is 2. The van der Waals surface area contributed by atoms with Crippen LogP contribution in [0.5, 0.6) is 0 Å². The molecule has 140 valence electrons. The Hall–Kier alpha value is -3.80. The molecule has 1 saturated heterocycles. The molecule has 1 fully saturated rings. The molecule has 0 spiro atoms. The van der Waals surface area contributed by atoms with Crippen LogP contribution in [0, 0.1) is 17.1 Å². The number of nitriles is 1. The molecule has 3 N–H and O–H groups in total. The summed E-state index contributed by atoms with van der Waals surface area (Å²) in [5, 5.41) is 11.2. The van der Waals surface area contributed by atoms with Gasteiger partial charge in [-0.25, -0.2) is 9.37 Å². The average Bonchev–Trinajstić information content (AvgIpc) is 2.99. The van der Waals surface area contributed by atoms with Gasteiger partial charge in [-0.05, 0) is 30.2 Å². The van der Waals surface area contributed by atoms with Crippen LogP contribution in [0.15, 0.2) is 24.3 Å². The van der Waals surface area contributed by atoms with Gasteiger partial charge in [0.05, 0.1) is 5.56 Å². The van der Waals surface area contributed by atoms with Gasteiger partial charge in [0.25, 0.3) is 5.91 Å². The van der Waals surface area contributed by atoms with Crippen LogP contribution in [0.1, 0.15) is 34.3 Å². The third-order valence-electron chi connectivity index (χ3n) is 4.92. The second kappa shape index (κ2) is 6.42. The number of pyridine rings is 1. The molecule has 8 nitrogen and oxygen atoms in total. The van der Waals surface area contributed by atoms with Gasteiger partial charge >= 0.3 is 0 Å². The van der Waals surface area contributed by atoms with Crippen molar-refractivity contribution in [3.8, 4) is 17.3 Å². The lowest BCUT2D eigenvalue weighted by atomic mass is 10.0. The minimum Gasteiger partial charge on any atom is -0.383 e. The second-order valence-electron chi connectivity index (χ2n) is 6.64. The minimum atomic E-state index is -0.721. The number of hydrogen-bond donors (Lipinski definition) is 2. The first-order valence-electron chi connectivity index (χ1n) is 8.53. The van der Waals surface area contributed by atoms with E-state index in [1.54, 1.807) is 24.3 Å². The van der Waals surface area contributed by atoms with E-state index in [1.165, 1.54) is 4.90 Å². The smallest absolute Gasteiger partial charge is 0.255 e. The summed E-state index contributed by atoms with van der Waals surface area (Å²) < 4.78 is 14.4. The van der Waals surface area contributed by atoms with Gasteiger partial charge < -0.3 is 10.6 Å². The zero-order valence-electron chi connectivity index (χ0n) is 14.5. The molecule has 0 bridgehead atoms. The van der Waals surface area contributed by atoms with Crippen LogP contribution in [-0.2, 0) is 16.1 Å². The van der Waals surface area contributed by atoms with E-state index in [0.29, 0.717) is 16.7 Å². The lowest BCUT2D eigenvalue weighted by Crippen LogP contribution is -2.52. The molecule has 9 heteroatoms. The first kappa shape index (κ1) is 17.6. The third-order valence-corrected chi connectivity index (χ3v) is 4.92. The fourth-order valence-electron chi connectivity index (χ4n) is 3.52. The predicted molar refractivity (Wildman–Crippen MR) is 94.8 cm³/mol. The normalized spacial score (nSPS) is 18.6. The molecular formula is C19H14FN5O3. The Morgan fingerprint density at radius 2 is 2.07 bits per heavy atom. The highest BCUT2D eigenvalue weighted by Gasteiger charge is 2.39. The maximum Gasteiger partial charge on any atom is 0.255 e. The quantitative estimate of drug-likeness (QED) is 0.752. The van der Waals surface area contributed by atoms with Gasteiger partial charge in [0, 0.05) is 24.1 Å². The van der Waals surface area contributed by atoms with E-state index >= 15 is 0 Å². The molecule has 1 aromatic heterocycles. The lowest BCUT2D eigenvalue weighted by molar-refractivity contribution is -0.136. The van der Waals surface area contributed by atoms with Crippen molar-refractivity contribution in [3.63, 3.8) is 0 Å². The highest BCUT2D eigenvalue weighted by atomic mass is 19.1. The van der Waals surface area contributed by atoms with E-state index in [-0.39, 0.29) is 48.3 Å². The Kier molecular flexibility index (Phi) is 4.04. The van der Waals surface area contributed by atoms with Crippen molar-refractivity contribution >= 4 is 23.5 Å². The van der Waals surface area contributed by atoms with Crippen LogP contribution < -0.4 is 11.1 Å². The molecule has 2 aliphatic rings. The van der Waals surface area contributed by atoms with E-state index in [2.05, 4.69) is 10.3 Å². The molecule has 2 aromatic rings. The molecule has 1 atom stereocenters. The molecule has 0 aliphatic carbocycles. The van der Waals surface area contributed by atoms with Crippen LogP contribution in [-0.4, -0.2) is 33.6 Å². The molecule has 28 heavy (non-hydrogen) atoms. The number of carbonyl (C=O) groups is 3. The van der Waals surface area contributed by atoms with Crippen molar-refractivity contribution in [1.82, 2.24) is 15.2 Å². The number of fused-ring (bicyclic) bond motifs is 1. The van der Waals surface area contributed by atoms with E-state index in [4.69, 9.17) is 11.0 Å². The Labute approximate surface area is 158 Å². The monoisotopic (exact) mass is 379 g/mol. The van der Waals surface area contributed by atoms with Gasteiger partial charge in [-0.2, -0.15) is 5.26 Å². The summed E-state index contributed by atoms with van der Waals surface area (Å²) in [5.41, 5.74) is 7.05. The highest BCUT2D eigenvalue weighted by Crippen LogP contribution is 2.32. The average molecular weight is 379 g/mol. The first-order chi connectivity index (χ1) is 13.4. The molecule has 4 rings (SSSR count). The molecule has 3 heterocycles. The van der Waals surface area contributed by atoms with Crippen molar-refractivity contribution in [3.05, 3.63) is 46.8 Å². The van der Waals surface area contributed by atoms with E-state index < -0.39 is 17.8 Å². The number of amides is 3. The number of nitrogens with one attached hydrogen (secondary N) is 1. The molecule has 0 radical (unpaired) electrons. The van der Waals surface area contributed by atoms with Crippen LogP contribution in [0.25, 0.3) is 11.3 Å². The highest BCUT2D eigenvalue weighted by molar-refractivity contribution is 6.05. The zero-order valence-corrected chi connectivity index (χ0v) is 14.5. The number of nitrogen functional groups attached to an aromatic ring is 1. The number of anilines is 1. The minimum absolute atomic E-state index is 0.0220. The molecule has 3 amide bonds. The number of carbonyl (C=O) groups excluding carboxylic acids is 3. The number of aromatic nitrogens is 1. The lowest BCUT2D eigenvalue weighted by Gasteiger charge is -2.29. The fraction of sp³-hybridized carbons (Fsp3) is 0.211. The van der Waals surface area contributed by atoms with Crippen molar-refractivity contribution in [2.24, 2.45) is 0 Å². The van der Waals surface area contributed by atoms with Crippen LogP contribution in [0.4, 0.5) is 10.2 Å². The first-order valence-corrected chi connectivity index (χ1v) is 8.53. The van der Waals surface area contributed by atoms with Gasteiger partial charge in [-0.1, -0.05) is 6.07 Å². The number of piperidine rings is 1. The predicted octanol–water partition coefficient (Wildman–Crippen LogP) is 1.10. The Bertz CT molecular complexity index is 1090. The van der Waals surface area contributed by atoms with E-state index in [9.17, 15) is 18.8 Å². The number of benzene rings is 1. The standard InChI is InChI=1S/C19H14FN5O3/c20-13-6-10(7-21)17(22)24-16(13)9-1-2-12-11(5-9)8-25(19(12)28)14-3-4-15(26)23-18(14)27/h1-2,5-6,14H,3-4,8H2,(H2,22,24)(H,23,26,27).